The van der Waals surface area contributed by atoms with Crippen LogP contribution in [0.2, 0.25) is 0 Å². The topological polar surface area (TPSA) is 67.8 Å². The smallest absolute Gasteiger partial charge is 0.408 e. The van der Waals surface area contributed by atoms with E-state index in [1.807, 2.05) is 0 Å². The van der Waals surface area contributed by atoms with Gasteiger partial charge in [-0.2, -0.15) is 0 Å². The van der Waals surface area contributed by atoms with E-state index in [1.54, 1.807) is 27.7 Å². The predicted octanol–water partition coefficient (Wildman–Crippen LogP) is 3.73. The Bertz CT molecular complexity index is 459. The Kier molecular flexibility index (Phi) is 6.36. The fourth-order valence-corrected chi connectivity index (χ4v) is 4.30. The highest BCUT2D eigenvalue weighted by molar-refractivity contribution is 5.69. The molecule has 0 bridgehead atoms. The molecule has 2 N–H and O–H groups in total. The number of ether oxygens (including phenoxy) is 2. The maximum atomic E-state index is 16.0. The van der Waals surface area contributed by atoms with Crippen molar-refractivity contribution in [2.45, 2.75) is 95.6 Å². The van der Waals surface area contributed by atoms with Crippen LogP contribution >= 0.6 is 0 Å². The Morgan fingerprint density at radius 2 is 1.88 bits per heavy atom. The molecule has 1 aliphatic carbocycles. The molecule has 2 fully saturated rings. The Balaban J connectivity index is 2.34. The molecule has 0 radical (unpaired) electrons. The zero-order valence-electron chi connectivity index (χ0n) is 16.1. The van der Waals surface area contributed by atoms with Gasteiger partial charge in [-0.1, -0.05) is 25.7 Å². The lowest BCUT2D eigenvalue weighted by atomic mass is 9.66. The largest absolute Gasteiger partial charge is 0.444 e. The lowest BCUT2D eigenvalue weighted by Gasteiger charge is -2.53. The van der Waals surface area contributed by atoms with Gasteiger partial charge in [0.05, 0.1) is 19.3 Å². The zero-order valence-corrected chi connectivity index (χ0v) is 16.1. The molecule has 146 valence electrons. The molecular weight excluding hydrogens is 325 g/mol. The third-order valence-electron chi connectivity index (χ3n) is 5.53. The van der Waals surface area contributed by atoms with Crippen molar-refractivity contribution in [3.8, 4) is 0 Å². The van der Waals surface area contributed by atoms with Gasteiger partial charge in [-0.15, -0.1) is 0 Å². The Hall–Kier alpha value is -0.880. The molecule has 1 heterocycles. The Morgan fingerprint density at radius 1 is 1.28 bits per heavy atom. The second kappa shape index (κ2) is 7.78. The quantitative estimate of drug-likeness (QED) is 0.754. The fourth-order valence-electron chi connectivity index (χ4n) is 4.30. The van der Waals surface area contributed by atoms with Gasteiger partial charge in [-0.3, -0.25) is 0 Å². The zero-order chi connectivity index (χ0) is 18.7. The maximum Gasteiger partial charge on any atom is 0.408 e. The number of alkyl carbamates (subject to hydrolysis) is 1. The van der Waals surface area contributed by atoms with Gasteiger partial charge < -0.3 is 19.9 Å². The average Bonchev–Trinajstić information content (AvgIpc) is 2.78. The number of carbonyl (C=O) groups excluding carboxylic acids is 1. The molecule has 25 heavy (non-hydrogen) atoms. The van der Waals surface area contributed by atoms with Gasteiger partial charge in [0.1, 0.15) is 11.1 Å². The highest BCUT2D eigenvalue weighted by Crippen LogP contribution is 2.46. The summed E-state index contributed by atoms with van der Waals surface area (Å²) in [5, 5.41) is 12.8. The molecule has 6 heteroatoms. The fraction of sp³-hybridized carbons (Fsp3) is 0.947. The van der Waals surface area contributed by atoms with Crippen LogP contribution in [-0.2, 0) is 9.47 Å². The minimum absolute atomic E-state index is 0.0646. The summed E-state index contributed by atoms with van der Waals surface area (Å²) < 4.78 is 27.2. The van der Waals surface area contributed by atoms with Crippen molar-refractivity contribution >= 4 is 6.09 Å². The molecule has 3 atom stereocenters. The van der Waals surface area contributed by atoms with Crippen molar-refractivity contribution in [3.63, 3.8) is 0 Å². The molecule has 2 rings (SSSR count). The standard InChI is InChI=1S/C19H34FNO4/c1-14-11-18(20,12-22)19(13-24-14,15-9-7-5-6-8-10-15)21-16(23)25-17(2,3)4/h14-15,22H,5-13H2,1-4H3,(H,21,23)/t14-,18+,19+/m0/s1. The first-order valence-electron chi connectivity index (χ1n) is 9.54. The first-order valence-corrected chi connectivity index (χ1v) is 9.54. The molecule has 2 aliphatic rings. The van der Waals surface area contributed by atoms with Crippen LogP contribution in [0.25, 0.3) is 0 Å². The molecule has 0 aromatic rings. The van der Waals surface area contributed by atoms with E-state index in [-0.39, 0.29) is 25.0 Å². The number of halogens is 1. The Labute approximate surface area is 150 Å². The highest BCUT2D eigenvalue weighted by Gasteiger charge is 2.60. The minimum atomic E-state index is -1.92. The number of hydrogen-bond donors (Lipinski definition) is 2. The molecule has 0 spiro atoms. The van der Waals surface area contributed by atoms with Crippen molar-refractivity contribution in [2.75, 3.05) is 13.2 Å². The summed E-state index contributed by atoms with van der Waals surface area (Å²) in [6.07, 6.45) is 5.00. The van der Waals surface area contributed by atoms with E-state index in [9.17, 15) is 9.90 Å². The average molecular weight is 359 g/mol. The van der Waals surface area contributed by atoms with E-state index in [1.165, 1.54) is 0 Å². The minimum Gasteiger partial charge on any atom is -0.444 e. The van der Waals surface area contributed by atoms with Gasteiger partial charge in [0.2, 0.25) is 0 Å². The van der Waals surface area contributed by atoms with Crippen LogP contribution in [0.5, 0.6) is 0 Å². The van der Waals surface area contributed by atoms with Gasteiger partial charge in [-0.05, 0) is 46.5 Å². The molecule has 1 aliphatic heterocycles. The maximum absolute atomic E-state index is 16.0. The van der Waals surface area contributed by atoms with Crippen molar-refractivity contribution < 1.29 is 23.8 Å². The summed E-state index contributed by atoms with van der Waals surface area (Å²) in [6.45, 7) is 6.56. The van der Waals surface area contributed by atoms with Crippen LogP contribution in [-0.4, -0.2) is 47.3 Å². The van der Waals surface area contributed by atoms with Crippen molar-refractivity contribution in [1.29, 1.82) is 0 Å². The van der Waals surface area contributed by atoms with Crippen molar-refractivity contribution in [1.82, 2.24) is 5.32 Å². The lowest BCUT2D eigenvalue weighted by Crippen LogP contribution is -2.73. The van der Waals surface area contributed by atoms with Gasteiger partial charge in [-0.25, -0.2) is 9.18 Å². The van der Waals surface area contributed by atoms with Crippen molar-refractivity contribution in [3.05, 3.63) is 0 Å². The molecule has 0 aromatic carbocycles. The van der Waals surface area contributed by atoms with E-state index < -0.39 is 29.5 Å². The summed E-state index contributed by atoms with van der Waals surface area (Å²) in [4.78, 5) is 12.5. The molecular formula is C19H34FNO4. The second-order valence-electron chi connectivity index (χ2n) is 8.74. The summed E-state index contributed by atoms with van der Waals surface area (Å²) >= 11 is 0. The van der Waals surface area contributed by atoms with Gasteiger partial charge >= 0.3 is 6.09 Å². The van der Waals surface area contributed by atoms with Crippen LogP contribution < -0.4 is 5.32 Å². The van der Waals surface area contributed by atoms with Crippen LogP contribution in [0.15, 0.2) is 0 Å². The lowest BCUT2D eigenvalue weighted by molar-refractivity contribution is -0.164. The van der Waals surface area contributed by atoms with E-state index in [2.05, 4.69) is 5.32 Å². The predicted molar refractivity (Wildman–Crippen MR) is 94.2 cm³/mol. The van der Waals surface area contributed by atoms with Crippen molar-refractivity contribution in [2.24, 2.45) is 5.92 Å². The van der Waals surface area contributed by atoms with Gasteiger partial charge in [0, 0.05) is 6.42 Å². The van der Waals surface area contributed by atoms with E-state index in [0.717, 1.165) is 38.5 Å². The molecule has 1 saturated carbocycles. The second-order valence-corrected chi connectivity index (χ2v) is 8.74. The molecule has 1 amide bonds. The third-order valence-corrected chi connectivity index (χ3v) is 5.53. The molecule has 0 unspecified atom stereocenters. The summed E-state index contributed by atoms with van der Waals surface area (Å²) in [6, 6.07) is 0. The van der Waals surface area contributed by atoms with Crippen LogP contribution in [0.1, 0.15) is 72.6 Å². The number of alkyl halides is 1. The molecule has 1 saturated heterocycles. The van der Waals surface area contributed by atoms with E-state index in [4.69, 9.17) is 9.47 Å². The third kappa shape index (κ3) is 4.64. The van der Waals surface area contributed by atoms with Crippen LogP contribution in [0, 0.1) is 5.92 Å². The first-order chi connectivity index (χ1) is 11.6. The number of aliphatic hydroxyl groups excluding tert-OH is 1. The number of hydrogen-bond acceptors (Lipinski definition) is 4. The number of carbonyl (C=O) groups is 1. The number of aliphatic hydroxyl groups is 1. The summed E-state index contributed by atoms with van der Waals surface area (Å²) in [5.41, 5.74) is -3.84. The highest BCUT2D eigenvalue weighted by atomic mass is 19.1. The van der Waals surface area contributed by atoms with Gasteiger partial charge in [0.15, 0.2) is 5.67 Å². The summed E-state index contributed by atoms with van der Waals surface area (Å²) in [7, 11) is 0. The van der Waals surface area contributed by atoms with Gasteiger partial charge in [0.25, 0.3) is 0 Å². The first kappa shape index (κ1) is 20.4. The number of rotatable bonds is 3. The molecule has 5 nitrogen and oxygen atoms in total. The summed E-state index contributed by atoms with van der Waals surface area (Å²) in [5.74, 6) is -0.0767. The normalized spacial score (nSPS) is 35.0. The monoisotopic (exact) mass is 359 g/mol. The SMILES string of the molecule is C[C@H]1C[C@@](F)(CO)[C@](NC(=O)OC(C)(C)C)(C2CCCCCC2)CO1. The Morgan fingerprint density at radius 3 is 2.40 bits per heavy atom. The molecule has 0 aromatic heterocycles. The van der Waals surface area contributed by atoms with E-state index in [0.29, 0.717) is 0 Å². The van der Waals surface area contributed by atoms with E-state index >= 15 is 4.39 Å². The van der Waals surface area contributed by atoms with Crippen LogP contribution in [0.3, 0.4) is 0 Å². The number of nitrogens with one attached hydrogen (secondary N) is 1. The van der Waals surface area contributed by atoms with Crippen LogP contribution in [0.4, 0.5) is 9.18 Å². The number of amides is 1.